The monoisotopic (exact) mass is 468 g/mol. The highest BCUT2D eigenvalue weighted by atomic mass is 35.5. The van der Waals surface area contributed by atoms with Crippen LogP contribution in [0.5, 0.6) is 5.75 Å². The lowest BCUT2D eigenvalue weighted by Crippen LogP contribution is -2.48. The van der Waals surface area contributed by atoms with Gasteiger partial charge in [0.05, 0.1) is 0 Å². The lowest BCUT2D eigenvalue weighted by Gasteiger charge is -2.34. The Bertz CT molecular complexity index is 1120. The van der Waals surface area contributed by atoms with Gasteiger partial charge in [0.25, 0.3) is 5.91 Å². The molecule has 33 heavy (non-hydrogen) atoms. The summed E-state index contributed by atoms with van der Waals surface area (Å²) in [5.74, 6) is 1.20. The summed E-state index contributed by atoms with van der Waals surface area (Å²) >= 11 is 6.14. The number of hydrogen-bond donors (Lipinski definition) is 0. The molecule has 1 amide bonds. The van der Waals surface area contributed by atoms with Gasteiger partial charge in [-0.2, -0.15) is 0 Å². The first-order valence-corrected chi connectivity index (χ1v) is 11.3. The van der Waals surface area contributed by atoms with E-state index in [1.165, 1.54) is 12.1 Å². The fraction of sp³-hybridized carbons (Fsp3) is 0.269. The van der Waals surface area contributed by atoms with Crippen molar-refractivity contribution in [1.82, 2.24) is 9.80 Å². The number of amides is 1. The van der Waals surface area contributed by atoms with Gasteiger partial charge in [-0.3, -0.25) is 9.69 Å². The molecule has 172 valence electrons. The zero-order valence-electron chi connectivity index (χ0n) is 18.3. The van der Waals surface area contributed by atoms with Gasteiger partial charge in [0.2, 0.25) is 0 Å². The maximum Gasteiger partial charge on any atom is 0.289 e. The van der Waals surface area contributed by atoms with Crippen LogP contribution < -0.4 is 4.74 Å². The molecule has 1 aromatic heterocycles. The van der Waals surface area contributed by atoms with Crippen molar-refractivity contribution in [2.75, 3.05) is 26.2 Å². The molecule has 2 heterocycles. The molecule has 1 aliphatic rings. The first-order valence-electron chi connectivity index (χ1n) is 10.9. The fourth-order valence-electron chi connectivity index (χ4n) is 3.84. The number of allylic oxidation sites excluding steroid dienone is 1. The molecule has 3 aromatic rings. The molecular formula is C26H26ClFN2O3. The molecule has 0 radical (unpaired) electrons. The smallest absolute Gasteiger partial charge is 0.289 e. The van der Waals surface area contributed by atoms with Crippen molar-refractivity contribution in [3.8, 4) is 5.75 Å². The van der Waals surface area contributed by atoms with E-state index < -0.39 is 0 Å². The molecule has 7 heteroatoms. The number of carbonyl (C=O) groups excluding carboxylic acids is 1. The lowest BCUT2D eigenvalue weighted by atomic mass is 10.1. The molecule has 4 rings (SSSR count). The van der Waals surface area contributed by atoms with Gasteiger partial charge in [0, 0.05) is 37.7 Å². The summed E-state index contributed by atoms with van der Waals surface area (Å²) in [7, 11) is 0. The Labute approximate surface area is 198 Å². The average Bonchev–Trinajstić information content (AvgIpc) is 3.30. The molecule has 0 atom stereocenters. The second-order valence-electron chi connectivity index (χ2n) is 7.96. The molecule has 5 nitrogen and oxygen atoms in total. The molecule has 2 aromatic carbocycles. The Balaban J connectivity index is 1.29. The molecule has 0 bridgehead atoms. The number of piperazine rings is 1. The maximum atomic E-state index is 13.3. The van der Waals surface area contributed by atoms with Gasteiger partial charge in [-0.1, -0.05) is 41.9 Å². The van der Waals surface area contributed by atoms with Crippen LogP contribution in [-0.2, 0) is 19.6 Å². The summed E-state index contributed by atoms with van der Waals surface area (Å²) in [6.07, 6.45) is 2.55. The van der Waals surface area contributed by atoms with Crippen LogP contribution in [0.25, 0.3) is 0 Å². The summed E-state index contributed by atoms with van der Waals surface area (Å²) in [5, 5.41) is 0.422. The van der Waals surface area contributed by atoms with Crippen LogP contribution in [0.3, 0.4) is 0 Å². The first kappa shape index (κ1) is 23.1. The van der Waals surface area contributed by atoms with E-state index in [0.29, 0.717) is 49.3 Å². The predicted octanol–water partition coefficient (Wildman–Crippen LogP) is 5.34. The molecule has 0 spiro atoms. The van der Waals surface area contributed by atoms with Gasteiger partial charge >= 0.3 is 0 Å². The van der Waals surface area contributed by atoms with Gasteiger partial charge in [0.1, 0.15) is 23.9 Å². The maximum absolute atomic E-state index is 13.3. The van der Waals surface area contributed by atoms with E-state index in [9.17, 15) is 9.18 Å². The van der Waals surface area contributed by atoms with Gasteiger partial charge in [-0.15, -0.1) is 6.58 Å². The van der Waals surface area contributed by atoms with Gasteiger partial charge in [-0.05, 0) is 47.9 Å². The normalized spacial score (nSPS) is 14.3. The van der Waals surface area contributed by atoms with Crippen molar-refractivity contribution >= 4 is 17.5 Å². The van der Waals surface area contributed by atoms with Gasteiger partial charge in [-0.25, -0.2) is 4.39 Å². The van der Waals surface area contributed by atoms with Crippen LogP contribution in [0.1, 0.15) is 27.4 Å². The van der Waals surface area contributed by atoms with E-state index >= 15 is 0 Å². The van der Waals surface area contributed by atoms with Crippen molar-refractivity contribution < 1.29 is 18.3 Å². The number of nitrogens with zero attached hydrogens (tertiary/aromatic N) is 2. The highest BCUT2D eigenvalue weighted by molar-refractivity contribution is 6.31. The number of benzene rings is 2. The second-order valence-corrected chi connectivity index (χ2v) is 8.37. The van der Waals surface area contributed by atoms with Crippen LogP contribution >= 0.6 is 11.6 Å². The molecule has 0 unspecified atom stereocenters. The van der Waals surface area contributed by atoms with Gasteiger partial charge in [0.15, 0.2) is 5.76 Å². The van der Waals surface area contributed by atoms with E-state index in [-0.39, 0.29) is 18.3 Å². The molecule has 0 N–H and O–H groups in total. The van der Waals surface area contributed by atoms with Crippen molar-refractivity contribution in [2.45, 2.75) is 19.6 Å². The SMILES string of the molecule is C=CCc1ccccc1OCc1ccc(C(=O)N2CCN(Cc3ccc(F)cc3Cl)CC2)o1. The largest absolute Gasteiger partial charge is 0.485 e. The highest BCUT2D eigenvalue weighted by Gasteiger charge is 2.24. The Morgan fingerprint density at radius 2 is 1.88 bits per heavy atom. The third kappa shape index (κ3) is 5.83. The minimum absolute atomic E-state index is 0.132. The summed E-state index contributed by atoms with van der Waals surface area (Å²) in [6.45, 7) is 7.22. The number of furan rings is 1. The van der Waals surface area contributed by atoms with E-state index in [2.05, 4.69) is 11.5 Å². The highest BCUT2D eigenvalue weighted by Crippen LogP contribution is 2.22. The summed E-state index contributed by atoms with van der Waals surface area (Å²) < 4.78 is 24.9. The molecule has 0 aliphatic carbocycles. The number of halogens is 2. The van der Waals surface area contributed by atoms with E-state index in [0.717, 1.165) is 23.3 Å². The number of carbonyl (C=O) groups is 1. The molecule has 1 saturated heterocycles. The zero-order chi connectivity index (χ0) is 23.2. The van der Waals surface area contributed by atoms with E-state index in [4.69, 9.17) is 20.8 Å². The van der Waals surface area contributed by atoms with Crippen LogP contribution in [0.4, 0.5) is 4.39 Å². The predicted molar refractivity (Wildman–Crippen MR) is 126 cm³/mol. The van der Waals surface area contributed by atoms with Crippen molar-refractivity contribution in [3.05, 3.63) is 101 Å². The molecule has 1 fully saturated rings. The van der Waals surface area contributed by atoms with Crippen LogP contribution in [0.2, 0.25) is 5.02 Å². The summed E-state index contributed by atoms with van der Waals surface area (Å²) in [6, 6.07) is 15.7. The first-order chi connectivity index (χ1) is 16.0. The number of rotatable bonds is 8. The topological polar surface area (TPSA) is 45.9 Å². The van der Waals surface area contributed by atoms with Crippen molar-refractivity contribution in [1.29, 1.82) is 0 Å². The summed E-state index contributed by atoms with van der Waals surface area (Å²) in [5.41, 5.74) is 1.93. The van der Waals surface area contributed by atoms with E-state index in [1.54, 1.807) is 23.1 Å². The number of para-hydroxylation sites is 1. The van der Waals surface area contributed by atoms with Crippen LogP contribution in [-0.4, -0.2) is 41.9 Å². The minimum atomic E-state index is -0.344. The van der Waals surface area contributed by atoms with Crippen molar-refractivity contribution in [2.24, 2.45) is 0 Å². The van der Waals surface area contributed by atoms with Crippen LogP contribution in [0, 0.1) is 5.82 Å². The standard InChI is InChI=1S/C26H26ClFN2O3/c1-2-5-19-6-3-4-7-24(19)32-18-22-10-11-25(33-22)26(31)30-14-12-29(13-15-30)17-20-8-9-21(28)16-23(20)27/h2-4,6-11,16H,1,5,12-15,17-18H2. The average molecular weight is 469 g/mol. The third-order valence-electron chi connectivity index (χ3n) is 5.65. The number of ether oxygens (including phenoxy) is 1. The minimum Gasteiger partial charge on any atom is -0.485 e. The Kier molecular flexibility index (Phi) is 7.47. The summed E-state index contributed by atoms with van der Waals surface area (Å²) in [4.78, 5) is 16.9. The fourth-order valence-corrected chi connectivity index (χ4v) is 4.07. The quantitative estimate of drug-likeness (QED) is 0.419. The Morgan fingerprint density at radius 1 is 1.09 bits per heavy atom. The molecular weight excluding hydrogens is 443 g/mol. The molecule has 1 aliphatic heterocycles. The Morgan fingerprint density at radius 3 is 2.64 bits per heavy atom. The zero-order valence-corrected chi connectivity index (χ0v) is 19.1. The number of hydrogen-bond acceptors (Lipinski definition) is 4. The van der Waals surface area contributed by atoms with Crippen LogP contribution in [0.15, 0.2) is 71.7 Å². The Hall–Kier alpha value is -3.09. The molecule has 0 saturated carbocycles. The van der Waals surface area contributed by atoms with E-state index in [1.807, 2.05) is 30.3 Å². The third-order valence-corrected chi connectivity index (χ3v) is 6.00. The van der Waals surface area contributed by atoms with Gasteiger partial charge < -0.3 is 14.1 Å². The second kappa shape index (κ2) is 10.7. The lowest BCUT2D eigenvalue weighted by molar-refractivity contribution is 0.0594. The van der Waals surface area contributed by atoms with Crippen molar-refractivity contribution in [3.63, 3.8) is 0 Å².